The lowest BCUT2D eigenvalue weighted by atomic mass is 9.75. The predicted molar refractivity (Wildman–Crippen MR) is 94.9 cm³/mol. The summed E-state index contributed by atoms with van der Waals surface area (Å²) in [6, 6.07) is 13.3. The highest BCUT2D eigenvalue weighted by molar-refractivity contribution is 5.94. The second kappa shape index (κ2) is 6.61. The smallest absolute Gasteiger partial charge is 0.253 e. The van der Waals surface area contributed by atoms with Crippen molar-refractivity contribution in [1.29, 1.82) is 0 Å². The lowest BCUT2D eigenvalue weighted by molar-refractivity contribution is 0.0235. The Kier molecular flexibility index (Phi) is 4.15. The third kappa shape index (κ3) is 3.23. The van der Waals surface area contributed by atoms with Crippen molar-refractivity contribution in [3.8, 4) is 0 Å². The summed E-state index contributed by atoms with van der Waals surface area (Å²) in [5.41, 5.74) is 2.42. The molecule has 1 atom stereocenters. The van der Waals surface area contributed by atoms with Gasteiger partial charge in [0.2, 0.25) is 0 Å². The molecule has 1 amide bonds. The highest BCUT2D eigenvalue weighted by Crippen LogP contribution is 2.38. The summed E-state index contributed by atoms with van der Waals surface area (Å²) >= 11 is 0. The number of benzene rings is 1. The number of aliphatic hydroxyl groups is 1. The number of hydrogen-bond acceptors (Lipinski definition) is 4. The Labute approximate surface area is 145 Å². The molecule has 25 heavy (non-hydrogen) atoms. The quantitative estimate of drug-likeness (QED) is 0.770. The summed E-state index contributed by atoms with van der Waals surface area (Å²) in [6.07, 6.45) is 6.11. The summed E-state index contributed by atoms with van der Waals surface area (Å²) in [4.78, 5) is 21.1. The van der Waals surface area contributed by atoms with Gasteiger partial charge in [0.15, 0.2) is 0 Å². The zero-order valence-corrected chi connectivity index (χ0v) is 13.7. The molecule has 126 valence electrons. The van der Waals surface area contributed by atoms with Crippen molar-refractivity contribution in [3.63, 3.8) is 0 Å². The van der Waals surface area contributed by atoms with Crippen molar-refractivity contribution in [2.75, 3.05) is 0 Å². The number of nitrogens with zero attached hydrogens (tertiary/aromatic N) is 2. The van der Waals surface area contributed by atoms with Crippen LogP contribution in [0.1, 0.15) is 34.8 Å². The molecule has 1 aromatic carbocycles. The normalized spacial score (nSPS) is 20.7. The fourth-order valence-corrected chi connectivity index (χ4v) is 3.36. The minimum absolute atomic E-state index is 0.160. The first-order valence-corrected chi connectivity index (χ1v) is 8.44. The molecule has 5 nitrogen and oxygen atoms in total. The van der Waals surface area contributed by atoms with Crippen LogP contribution in [0, 0.1) is 5.92 Å². The van der Waals surface area contributed by atoms with Crippen LogP contribution in [-0.4, -0.2) is 27.1 Å². The van der Waals surface area contributed by atoms with Crippen LogP contribution in [0.4, 0.5) is 0 Å². The summed E-state index contributed by atoms with van der Waals surface area (Å²) < 4.78 is 0. The Bertz CT molecular complexity index is 892. The lowest BCUT2D eigenvalue weighted by Gasteiger charge is -2.38. The van der Waals surface area contributed by atoms with E-state index in [9.17, 15) is 9.90 Å². The molecule has 0 unspecified atom stereocenters. The average molecular weight is 333 g/mol. The summed E-state index contributed by atoms with van der Waals surface area (Å²) in [5.74, 6) is 0.0474. The van der Waals surface area contributed by atoms with E-state index in [1.807, 2.05) is 30.5 Å². The molecule has 0 spiro atoms. The maximum Gasteiger partial charge on any atom is 0.253 e. The predicted octanol–water partition coefficient (Wildman–Crippen LogP) is 2.87. The van der Waals surface area contributed by atoms with Gasteiger partial charge >= 0.3 is 0 Å². The first-order chi connectivity index (χ1) is 12.2. The van der Waals surface area contributed by atoms with Crippen molar-refractivity contribution in [2.24, 2.45) is 5.92 Å². The van der Waals surface area contributed by atoms with Gasteiger partial charge in [0, 0.05) is 24.0 Å². The first-order valence-electron chi connectivity index (χ1n) is 8.44. The van der Waals surface area contributed by atoms with E-state index in [0.717, 1.165) is 16.5 Å². The fourth-order valence-electron chi connectivity index (χ4n) is 3.36. The summed E-state index contributed by atoms with van der Waals surface area (Å²) in [7, 11) is 0. The summed E-state index contributed by atoms with van der Waals surface area (Å²) in [6.45, 7) is 0. The standard InChI is InChI=1S/C20H19N3O2/c24-17-9-15(10-17)19(23-20(25)14-5-3-7-21-11-14)16-8-13-4-1-2-6-18(13)22-12-16/h1-8,11-12,15,17,19,24H,9-10H2,(H,23,25)/t15?,17?,19-/m1/s1. The number of carbonyl (C=O) groups is 1. The van der Waals surface area contributed by atoms with Crippen LogP contribution >= 0.6 is 0 Å². The maximum absolute atomic E-state index is 12.6. The number of fused-ring (bicyclic) bond motifs is 1. The van der Waals surface area contributed by atoms with Gasteiger partial charge in [-0.3, -0.25) is 14.8 Å². The van der Waals surface area contributed by atoms with Crippen LogP contribution in [0.3, 0.4) is 0 Å². The molecule has 1 fully saturated rings. The van der Waals surface area contributed by atoms with Crippen LogP contribution in [-0.2, 0) is 0 Å². The van der Waals surface area contributed by atoms with E-state index in [-0.39, 0.29) is 24.0 Å². The largest absolute Gasteiger partial charge is 0.393 e. The van der Waals surface area contributed by atoms with Gasteiger partial charge in [0.05, 0.1) is 23.2 Å². The number of nitrogens with one attached hydrogen (secondary N) is 1. The molecule has 3 aromatic rings. The highest BCUT2D eigenvalue weighted by Gasteiger charge is 2.36. The van der Waals surface area contributed by atoms with Crippen molar-refractivity contribution in [3.05, 3.63) is 72.2 Å². The van der Waals surface area contributed by atoms with Crippen LogP contribution in [0.5, 0.6) is 0 Å². The third-order valence-electron chi connectivity index (χ3n) is 4.80. The number of pyridine rings is 2. The van der Waals surface area contributed by atoms with Gasteiger partial charge in [-0.1, -0.05) is 18.2 Å². The van der Waals surface area contributed by atoms with Crippen molar-refractivity contribution in [2.45, 2.75) is 25.0 Å². The molecule has 4 rings (SSSR count). The molecule has 0 radical (unpaired) electrons. The SMILES string of the molecule is O=C(N[C@@H](c1cnc2ccccc2c1)C1CC(O)C1)c1cccnc1. The number of para-hydroxylation sites is 1. The van der Waals surface area contributed by atoms with Gasteiger partial charge in [-0.15, -0.1) is 0 Å². The lowest BCUT2D eigenvalue weighted by Crippen LogP contribution is -2.41. The van der Waals surface area contributed by atoms with Crippen molar-refractivity contribution in [1.82, 2.24) is 15.3 Å². The highest BCUT2D eigenvalue weighted by atomic mass is 16.3. The number of amides is 1. The molecule has 5 heteroatoms. The Morgan fingerprint density at radius 1 is 1.16 bits per heavy atom. The molecule has 2 N–H and O–H groups in total. The third-order valence-corrected chi connectivity index (χ3v) is 4.80. The fraction of sp³-hybridized carbons (Fsp3) is 0.250. The Balaban J connectivity index is 1.64. The Morgan fingerprint density at radius 2 is 2.00 bits per heavy atom. The van der Waals surface area contributed by atoms with Crippen LogP contribution in [0.2, 0.25) is 0 Å². The molecule has 0 bridgehead atoms. The summed E-state index contributed by atoms with van der Waals surface area (Å²) in [5, 5.41) is 13.8. The van der Waals surface area contributed by atoms with Gasteiger partial charge in [-0.2, -0.15) is 0 Å². The molecule has 2 heterocycles. The number of aliphatic hydroxyl groups excluding tert-OH is 1. The minimum Gasteiger partial charge on any atom is -0.393 e. The molecule has 2 aromatic heterocycles. The van der Waals surface area contributed by atoms with Gasteiger partial charge < -0.3 is 10.4 Å². The molecule has 0 saturated heterocycles. The average Bonchev–Trinajstić information content (AvgIpc) is 2.64. The second-order valence-corrected chi connectivity index (χ2v) is 6.54. The molecule has 1 saturated carbocycles. The zero-order chi connectivity index (χ0) is 17.2. The van der Waals surface area contributed by atoms with E-state index in [0.29, 0.717) is 18.4 Å². The van der Waals surface area contributed by atoms with E-state index in [4.69, 9.17) is 0 Å². The zero-order valence-electron chi connectivity index (χ0n) is 13.7. The Morgan fingerprint density at radius 3 is 2.76 bits per heavy atom. The molecule has 1 aliphatic rings. The van der Waals surface area contributed by atoms with E-state index < -0.39 is 0 Å². The van der Waals surface area contributed by atoms with Crippen molar-refractivity contribution >= 4 is 16.8 Å². The van der Waals surface area contributed by atoms with Crippen molar-refractivity contribution < 1.29 is 9.90 Å². The minimum atomic E-state index is -0.281. The van der Waals surface area contributed by atoms with Gasteiger partial charge in [0.1, 0.15) is 0 Å². The van der Waals surface area contributed by atoms with Crippen LogP contribution < -0.4 is 5.32 Å². The number of hydrogen-bond donors (Lipinski definition) is 2. The molecule has 0 aliphatic heterocycles. The van der Waals surface area contributed by atoms with Crippen LogP contribution in [0.25, 0.3) is 10.9 Å². The van der Waals surface area contributed by atoms with Gasteiger partial charge in [0.25, 0.3) is 5.91 Å². The van der Waals surface area contributed by atoms with E-state index in [2.05, 4.69) is 21.4 Å². The second-order valence-electron chi connectivity index (χ2n) is 6.54. The number of carbonyl (C=O) groups excluding carboxylic acids is 1. The van der Waals surface area contributed by atoms with E-state index in [1.165, 1.54) is 0 Å². The molecule has 1 aliphatic carbocycles. The Hall–Kier alpha value is -2.79. The number of rotatable bonds is 4. The molecular formula is C20H19N3O2. The molecular weight excluding hydrogens is 314 g/mol. The monoisotopic (exact) mass is 333 g/mol. The number of aromatic nitrogens is 2. The maximum atomic E-state index is 12.6. The van der Waals surface area contributed by atoms with Gasteiger partial charge in [-0.05, 0) is 48.6 Å². The first kappa shape index (κ1) is 15.7. The van der Waals surface area contributed by atoms with E-state index in [1.54, 1.807) is 24.5 Å². The van der Waals surface area contributed by atoms with E-state index >= 15 is 0 Å². The van der Waals surface area contributed by atoms with Crippen LogP contribution in [0.15, 0.2) is 61.1 Å². The van der Waals surface area contributed by atoms with Gasteiger partial charge in [-0.25, -0.2) is 0 Å². The topological polar surface area (TPSA) is 75.1 Å².